The summed E-state index contributed by atoms with van der Waals surface area (Å²) in [6.07, 6.45) is 5.35. The summed E-state index contributed by atoms with van der Waals surface area (Å²) < 4.78 is 0. The molecule has 96 valence electrons. The van der Waals surface area contributed by atoms with Gasteiger partial charge in [-0.1, -0.05) is 30.3 Å². The largest absolute Gasteiger partial charge is 0.299 e. The van der Waals surface area contributed by atoms with Gasteiger partial charge in [-0.15, -0.1) is 0 Å². The SMILES string of the molecule is O=C1CCN2CCC[C@H]1[C@H]2CCc1ccccc1. The van der Waals surface area contributed by atoms with Crippen molar-refractivity contribution in [2.75, 3.05) is 13.1 Å². The van der Waals surface area contributed by atoms with Gasteiger partial charge < -0.3 is 0 Å². The molecule has 0 amide bonds. The molecule has 3 rings (SSSR count). The zero-order valence-electron chi connectivity index (χ0n) is 10.8. The van der Waals surface area contributed by atoms with Crippen LogP contribution in [0.2, 0.25) is 0 Å². The van der Waals surface area contributed by atoms with E-state index in [0.29, 0.717) is 17.7 Å². The molecule has 0 aliphatic carbocycles. The van der Waals surface area contributed by atoms with E-state index in [2.05, 4.69) is 35.2 Å². The van der Waals surface area contributed by atoms with E-state index in [1.807, 2.05) is 0 Å². The molecule has 0 aromatic heterocycles. The van der Waals surface area contributed by atoms with Gasteiger partial charge in [0.25, 0.3) is 0 Å². The monoisotopic (exact) mass is 243 g/mol. The number of rotatable bonds is 3. The Kier molecular flexibility index (Phi) is 3.46. The molecule has 3 atom stereocenters. The lowest BCUT2D eigenvalue weighted by molar-refractivity contribution is -0.131. The van der Waals surface area contributed by atoms with Crippen LogP contribution in [0.4, 0.5) is 0 Å². The summed E-state index contributed by atoms with van der Waals surface area (Å²) in [6.45, 7) is 2.19. The molecule has 1 aromatic carbocycles. The first-order chi connectivity index (χ1) is 8.84. The van der Waals surface area contributed by atoms with Gasteiger partial charge in [-0.05, 0) is 37.8 Å². The van der Waals surface area contributed by atoms with Crippen molar-refractivity contribution in [1.82, 2.24) is 4.90 Å². The van der Waals surface area contributed by atoms with E-state index in [1.165, 1.54) is 18.5 Å². The first-order valence-corrected chi connectivity index (χ1v) is 7.15. The number of aryl methyl sites for hydroxylation is 1. The van der Waals surface area contributed by atoms with E-state index < -0.39 is 0 Å². The minimum atomic E-state index is 0.330. The van der Waals surface area contributed by atoms with Gasteiger partial charge in [0.15, 0.2) is 0 Å². The lowest BCUT2D eigenvalue weighted by Crippen LogP contribution is -2.53. The highest BCUT2D eigenvalue weighted by molar-refractivity contribution is 5.82. The van der Waals surface area contributed by atoms with E-state index in [0.717, 1.165) is 32.2 Å². The van der Waals surface area contributed by atoms with E-state index >= 15 is 0 Å². The van der Waals surface area contributed by atoms with Crippen molar-refractivity contribution in [1.29, 1.82) is 0 Å². The molecule has 2 heterocycles. The number of piperidine rings is 2. The minimum absolute atomic E-state index is 0.330. The quantitative estimate of drug-likeness (QED) is 0.813. The molecule has 0 radical (unpaired) electrons. The van der Waals surface area contributed by atoms with Crippen LogP contribution in [0.5, 0.6) is 0 Å². The molecular weight excluding hydrogens is 222 g/mol. The number of hydrogen-bond donors (Lipinski definition) is 0. The highest BCUT2D eigenvalue weighted by Crippen LogP contribution is 2.32. The van der Waals surface area contributed by atoms with Gasteiger partial charge in [-0.25, -0.2) is 0 Å². The Hall–Kier alpha value is -1.15. The number of fused-ring (bicyclic) bond motifs is 2. The van der Waals surface area contributed by atoms with Crippen molar-refractivity contribution >= 4 is 5.78 Å². The van der Waals surface area contributed by atoms with E-state index in [-0.39, 0.29) is 0 Å². The molecule has 0 N–H and O–H groups in total. The zero-order valence-corrected chi connectivity index (χ0v) is 10.8. The van der Waals surface area contributed by atoms with Crippen LogP contribution in [0.15, 0.2) is 30.3 Å². The van der Waals surface area contributed by atoms with Crippen LogP contribution in [0.3, 0.4) is 0 Å². The molecule has 1 aromatic rings. The van der Waals surface area contributed by atoms with Crippen molar-refractivity contribution in [2.45, 2.75) is 38.1 Å². The zero-order chi connectivity index (χ0) is 12.4. The average Bonchev–Trinajstić information content (AvgIpc) is 2.42. The summed E-state index contributed by atoms with van der Waals surface area (Å²) in [6, 6.07) is 11.2. The van der Waals surface area contributed by atoms with Gasteiger partial charge in [0.05, 0.1) is 0 Å². The number of nitrogens with zero attached hydrogens (tertiary/aromatic N) is 1. The van der Waals surface area contributed by atoms with Crippen LogP contribution in [-0.2, 0) is 11.2 Å². The molecule has 2 saturated heterocycles. The Bertz CT molecular complexity index is 414. The maximum absolute atomic E-state index is 12.0. The van der Waals surface area contributed by atoms with Gasteiger partial charge in [-0.3, -0.25) is 9.69 Å². The van der Waals surface area contributed by atoms with Crippen LogP contribution < -0.4 is 0 Å². The number of carbonyl (C=O) groups excluding carboxylic acids is 1. The molecule has 1 unspecified atom stereocenters. The molecule has 2 fully saturated rings. The van der Waals surface area contributed by atoms with Gasteiger partial charge in [0.2, 0.25) is 0 Å². The van der Waals surface area contributed by atoms with Crippen molar-refractivity contribution in [3.05, 3.63) is 35.9 Å². The van der Waals surface area contributed by atoms with E-state index in [1.54, 1.807) is 0 Å². The number of benzene rings is 1. The third-order valence-electron chi connectivity index (χ3n) is 4.52. The molecule has 2 bridgehead atoms. The molecule has 2 heteroatoms. The van der Waals surface area contributed by atoms with Gasteiger partial charge in [0, 0.05) is 24.9 Å². The fraction of sp³-hybridized carbons (Fsp3) is 0.562. The highest BCUT2D eigenvalue weighted by atomic mass is 16.1. The molecule has 2 aliphatic heterocycles. The molecule has 18 heavy (non-hydrogen) atoms. The average molecular weight is 243 g/mol. The lowest BCUT2D eigenvalue weighted by Gasteiger charge is -2.44. The Balaban J connectivity index is 1.66. The third kappa shape index (κ3) is 2.35. The highest BCUT2D eigenvalue weighted by Gasteiger charge is 2.38. The predicted octanol–water partition coefficient (Wildman–Crippen LogP) is 2.67. The molecule has 0 spiro atoms. The first-order valence-electron chi connectivity index (χ1n) is 7.15. The second-order valence-electron chi connectivity index (χ2n) is 5.59. The normalized spacial score (nSPS) is 31.3. The van der Waals surface area contributed by atoms with Gasteiger partial charge in [0.1, 0.15) is 5.78 Å². The second-order valence-corrected chi connectivity index (χ2v) is 5.59. The molecule has 0 saturated carbocycles. The summed E-state index contributed by atoms with van der Waals surface area (Å²) in [5, 5.41) is 0. The maximum Gasteiger partial charge on any atom is 0.138 e. The molecular formula is C16H21NO. The van der Waals surface area contributed by atoms with Crippen molar-refractivity contribution in [3.8, 4) is 0 Å². The fourth-order valence-electron chi connectivity index (χ4n) is 3.56. The number of carbonyl (C=O) groups is 1. The topological polar surface area (TPSA) is 20.3 Å². The van der Waals surface area contributed by atoms with Crippen LogP contribution >= 0.6 is 0 Å². The standard InChI is InChI=1S/C16H21NO/c18-16-10-12-17-11-4-7-14(16)15(17)9-8-13-5-2-1-3-6-13/h1-3,5-6,14-15H,4,7-12H2/t14-,15+/m0/s1. The smallest absolute Gasteiger partial charge is 0.138 e. The fourth-order valence-corrected chi connectivity index (χ4v) is 3.56. The lowest BCUT2D eigenvalue weighted by atomic mass is 9.79. The van der Waals surface area contributed by atoms with E-state index in [4.69, 9.17) is 0 Å². The Morgan fingerprint density at radius 2 is 2.00 bits per heavy atom. The first kappa shape index (κ1) is 11.9. The Morgan fingerprint density at radius 1 is 1.17 bits per heavy atom. The summed E-state index contributed by atoms with van der Waals surface area (Å²) in [5.41, 5.74) is 1.40. The summed E-state index contributed by atoms with van der Waals surface area (Å²) in [4.78, 5) is 14.6. The maximum atomic E-state index is 12.0. The van der Waals surface area contributed by atoms with Crippen LogP contribution in [0, 0.1) is 5.92 Å². The Morgan fingerprint density at radius 3 is 2.83 bits per heavy atom. The number of hydrogen-bond acceptors (Lipinski definition) is 2. The predicted molar refractivity (Wildman–Crippen MR) is 72.5 cm³/mol. The van der Waals surface area contributed by atoms with Gasteiger partial charge in [-0.2, -0.15) is 0 Å². The number of ketones is 1. The van der Waals surface area contributed by atoms with Crippen LogP contribution in [-0.4, -0.2) is 29.8 Å². The summed E-state index contributed by atoms with van der Waals surface area (Å²) in [5.74, 6) is 0.847. The summed E-state index contributed by atoms with van der Waals surface area (Å²) in [7, 11) is 0. The second kappa shape index (κ2) is 5.23. The molecule has 2 aliphatic rings. The minimum Gasteiger partial charge on any atom is -0.299 e. The van der Waals surface area contributed by atoms with Crippen molar-refractivity contribution in [3.63, 3.8) is 0 Å². The molecule has 2 nitrogen and oxygen atoms in total. The number of Topliss-reactive ketones (excluding diaryl/α,β-unsaturated/α-hetero) is 1. The van der Waals surface area contributed by atoms with Crippen LogP contribution in [0.1, 0.15) is 31.2 Å². The van der Waals surface area contributed by atoms with E-state index in [9.17, 15) is 4.79 Å². The Labute approximate surface area is 109 Å². The van der Waals surface area contributed by atoms with Crippen molar-refractivity contribution in [2.24, 2.45) is 5.92 Å². The summed E-state index contributed by atoms with van der Waals surface area (Å²) >= 11 is 0. The third-order valence-corrected chi connectivity index (χ3v) is 4.52. The van der Waals surface area contributed by atoms with Crippen molar-refractivity contribution < 1.29 is 4.79 Å². The van der Waals surface area contributed by atoms with Crippen LogP contribution in [0.25, 0.3) is 0 Å². The van der Waals surface area contributed by atoms with Gasteiger partial charge >= 0.3 is 0 Å².